The number of amides is 1. The van der Waals surface area contributed by atoms with Crippen molar-refractivity contribution in [3.8, 4) is 11.5 Å². The average Bonchev–Trinajstić information content (AvgIpc) is 3.27. The van der Waals surface area contributed by atoms with Crippen LogP contribution in [0, 0.1) is 0 Å². The fourth-order valence-corrected chi connectivity index (χ4v) is 2.37. The molecule has 1 aromatic carbocycles. The number of aromatic nitrogens is 2. The number of aromatic amines is 1. The second-order valence-corrected chi connectivity index (χ2v) is 5.40. The fourth-order valence-electron chi connectivity index (χ4n) is 2.37. The number of nitrogens with zero attached hydrogens (tertiary/aromatic N) is 1. The molecule has 0 radical (unpaired) electrons. The molecule has 0 atom stereocenters. The SMILES string of the molecule is COc1ccc(CC(=O)Nc2cc(C3CC3)[nH]n2)cc1OC. The standard InChI is InChI=1S/C16H19N3O3/c1-21-13-6-3-10(7-14(13)22-2)8-16(20)17-15-9-12(18-19-15)11-4-5-11/h3,6-7,9,11H,4-5,8H2,1-2H3,(H2,17,18,19,20). The van der Waals surface area contributed by atoms with Gasteiger partial charge in [0.15, 0.2) is 17.3 Å². The molecule has 1 saturated carbocycles. The van der Waals surface area contributed by atoms with E-state index in [9.17, 15) is 4.79 Å². The summed E-state index contributed by atoms with van der Waals surface area (Å²) in [5.74, 6) is 2.31. The first-order valence-corrected chi connectivity index (χ1v) is 7.25. The van der Waals surface area contributed by atoms with E-state index in [1.165, 1.54) is 12.8 Å². The summed E-state index contributed by atoms with van der Waals surface area (Å²) in [6.07, 6.45) is 2.65. The molecule has 22 heavy (non-hydrogen) atoms. The lowest BCUT2D eigenvalue weighted by molar-refractivity contribution is -0.115. The highest BCUT2D eigenvalue weighted by Crippen LogP contribution is 2.39. The van der Waals surface area contributed by atoms with Crippen molar-refractivity contribution >= 4 is 11.7 Å². The Balaban J connectivity index is 1.63. The molecule has 1 fully saturated rings. The van der Waals surface area contributed by atoms with Crippen molar-refractivity contribution in [3.05, 3.63) is 35.5 Å². The maximum Gasteiger partial charge on any atom is 0.229 e. The molecule has 2 aromatic rings. The third-order valence-corrected chi connectivity index (χ3v) is 3.69. The van der Waals surface area contributed by atoms with E-state index in [-0.39, 0.29) is 12.3 Å². The summed E-state index contributed by atoms with van der Waals surface area (Å²) in [6.45, 7) is 0. The summed E-state index contributed by atoms with van der Waals surface area (Å²) in [5.41, 5.74) is 1.95. The van der Waals surface area contributed by atoms with E-state index in [4.69, 9.17) is 9.47 Å². The summed E-state index contributed by atoms with van der Waals surface area (Å²) in [4.78, 5) is 12.1. The van der Waals surface area contributed by atoms with Crippen molar-refractivity contribution in [2.24, 2.45) is 0 Å². The van der Waals surface area contributed by atoms with Gasteiger partial charge in [-0.25, -0.2) is 0 Å². The Bertz CT molecular complexity index is 677. The molecule has 6 nitrogen and oxygen atoms in total. The number of ether oxygens (including phenoxy) is 2. The van der Waals surface area contributed by atoms with Crippen LogP contribution >= 0.6 is 0 Å². The average molecular weight is 301 g/mol. The Labute approximate surface area is 128 Å². The Morgan fingerprint density at radius 2 is 2.05 bits per heavy atom. The van der Waals surface area contributed by atoms with Gasteiger partial charge in [-0.3, -0.25) is 9.89 Å². The second kappa shape index (κ2) is 6.09. The highest BCUT2D eigenvalue weighted by Gasteiger charge is 2.25. The number of H-pyrrole nitrogens is 1. The Hall–Kier alpha value is -2.50. The zero-order valence-electron chi connectivity index (χ0n) is 12.7. The van der Waals surface area contributed by atoms with E-state index in [1.807, 2.05) is 12.1 Å². The minimum absolute atomic E-state index is 0.110. The highest BCUT2D eigenvalue weighted by molar-refractivity contribution is 5.91. The minimum atomic E-state index is -0.110. The van der Waals surface area contributed by atoms with Gasteiger partial charge in [-0.2, -0.15) is 5.10 Å². The number of nitrogens with one attached hydrogen (secondary N) is 2. The molecular weight excluding hydrogens is 282 g/mol. The van der Waals surface area contributed by atoms with Crippen molar-refractivity contribution < 1.29 is 14.3 Å². The number of anilines is 1. The highest BCUT2D eigenvalue weighted by atomic mass is 16.5. The molecule has 3 rings (SSSR count). The molecular formula is C16H19N3O3. The lowest BCUT2D eigenvalue weighted by Gasteiger charge is -2.09. The van der Waals surface area contributed by atoms with Crippen LogP contribution in [0.15, 0.2) is 24.3 Å². The number of methoxy groups -OCH3 is 2. The van der Waals surface area contributed by atoms with E-state index in [0.29, 0.717) is 23.2 Å². The van der Waals surface area contributed by atoms with Gasteiger partial charge in [0.2, 0.25) is 5.91 Å². The van der Waals surface area contributed by atoms with Gasteiger partial charge in [0.25, 0.3) is 0 Å². The van der Waals surface area contributed by atoms with E-state index < -0.39 is 0 Å². The van der Waals surface area contributed by atoms with E-state index in [0.717, 1.165) is 11.3 Å². The second-order valence-electron chi connectivity index (χ2n) is 5.40. The molecule has 1 amide bonds. The molecule has 6 heteroatoms. The number of carbonyl (C=O) groups is 1. The first-order chi connectivity index (χ1) is 10.7. The summed E-state index contributed by atoms with van der Waals surface area (Å²) in [5, 5.41) is 9.89. The molecule has 0 saturated heterocycles. The maximum absolute atomic E-state index is 12.1. The zero-order chi connectivity index (χ0) is 15.5. The van der Waals surface area contributed by atoms with Crippen LogP contribution in [0.25, 0.3) is 0 Å². The molecule has 1 aromatic heterocycles. The normalized spacial score (nSPS) is 13.7. The van der Waals surface area contributed by atoms with Gasteiger partial charge in [-0.15, -0.1) is 0 Å². The van der Waals surface area contributed by atoms with Crippen molar-refractivity contribution in [2.45, 2.75) is 25.2 Å². The number of benzene rings is 1. The molecule has 0 spiro atoms. The topological polar surface area (TPSA) is 76.2 Å². The van der Waals surface area contributed by atoms with E-state index >= 15 is 0 Å². The van der Waals surface area contributed by atoms with E-state index in [2.05, 4.69) is 15.5 Å². The van der Waals surface area contributed by atoms with Crippen LogP contribution in [0.2, 0.25) is 0 Å². The van der Waals surface area contributed by atoms with Crippen LogP contribution in [-0.4, -0.2) is 30.3 Å². The molecule has 116 valence electrons. The number of hydrogen-bond acceptors (Lipinski definition) is 4. The fraction of sp³-hybridized carbons (Fsp3) is 0.375. The summed E-state index contributed by atoms with van der Waals surface area (Å²) in [6, 6.07) is 7.35. The summed E-state index contributed by atoms with van der Waals surface area (Å²) in [7, 11) is 3.16. The molecule has 1 aliphatic rings. The Morgan fingerprint density at radius 1 is 1.27 bits per heavy atom. The van der Waals surface area contributed by atoms with Crippen LogP contribution in [0.3, 0.4) is 0 Å². The van der Waals surface area contributed by atoms with Crippen LogP contribution in [0.5, 0.6) is 11.5 Å². The number of carbonyl (C=O) groups excluding carboxylic acids is 1. The van der Waals surface area contributed by atoms with Crippen LogP contribution in [-0.2, 0) is 11.2 Å². The third-order valence-electron chi connectivity index (χ3n) is 3.69. The van der Waals surface area contributed by atoms with Crippen LogP contribution in [0.1, 0.15) is 30.0 Å². The van der Waals surface area contributed by atoms with Gasteiger partial charge in [0.05, 0.1) is 20.6 Å². The lowest BCUT2D eigenvalue weighted by Crippen LogP contribution is -2.14. The summed E-state index contributed by atoms with van der Waals surface area (Å²) < 4.78 is 10.4. The number of hydrogen-bond donors (Lipinski definition) is 2. The molecule has 1 aliphatic carbocycles. The zero-order valence-corrected chi connectivity index (χ0v) is 12.7. The van der Waals surface area contributed by atoms with Gasteiger partial charge < -0.3 is 14.8 Å². The molecule has 0 unspecified atom stereocenters. The lowest BCUT2D eigenvalue weighted by atomic mass is 10.1. The molecule has 2 N–H and O–H groups in total. The molecule has 0 bridgehead atoms. The Morgan fingerprint density at radius 3 is 2.73 bits per heavy atom. The van der Waals surface area contributed by atoms with Gasteiger partial charge in [-0.1, -0.05) is 6.07 Å². The van der Waals surface area contributed by atoms with E-state index in [1.54, 1.807) is 26.4 Å². The van der Waals surface area contributed by atoms with Crippen molar-refractivity contribution in [3.63, 3.8) is 0 Å². The minimum Gasteiger partial charge on any atom is -0.493 e. The first-order valence-electron chi connectivity index (χ1n) is 7.25. The van der Waals surface area contributed by atoms with Crippen LogP contribution < -0.4 is 14.8 Å². The van der Waals surface area contributed by atoms with Crippen molar-refractivity contribution in [1.82, 2.24) is 10.2 Å². The molecule has 0 aliphatic heterocycles. The third kappa shape index (κ3) is 3.21. The van der Waals surface area contributed by atoms with Crippen LogP contribution in [0.4, 0.5) is 5.82 Å². The van der Waals surface area contributed by atoms with Gasteiger partial charge >= 0.3 is 0 Å². The first kappa shape index (κ1) is 14.4. The number of rotatable bonds is 6. The van der Waals surface area contributed by atoms with Crippen molar-refractivity contribution in [2.75, 3.05) is 19.5 Å². The van der Waals surface area contributed by atoms with Gasteiger partial charge in [-0.05, 0) is 30.5 Å². The predicted molar refractivity (Wildman–Crippen MR) is 82.4 cm³/mol. The summed E-state index contributed by atoms with van der Waals surface area (Å²) >= 11 is 0. The Kier molecular flexibility index (Phi) is 4.00. The van der Waals surface area contributed by atoms with Gasteiger partial charge in [0, 0.05) is 17.7 Å². The molecule has 1 heterocycles. The predicted octanol–water partition coefficient (Wildman–Crippen LogP) is 2.49. The quantitative estimate of drug-likeness (QED) is 0.859. The smallest absolute Gasteiger partial charge is 0.229 e. The van der Waals surface area contributed by atoms with Crippen molar-refractivity contribution in [1.29, 1.82) is 0 Å². The monoisotopic (exact) mass is 301 g/mol. The van der Waals surface area contributed by atoms with Gasteiger partial charge in [0.1, 0.15) is 0 Å². The maximum atomic E-state index is 12.1. The largest absolute Gasteiger partial charge is 0.493 e.